The van der Waals surface area contributed by atoms with Gasteiger partial charge in [-0.2, -0.15) is 0 Å². The molecule has 2 fully saturated rings. The van der Waals surface area contributed by atoms with Gasteiger partial charge in [0.05, 0.1) is 13.2 Å². The summed E-state index contributed by atoms with van der Waals surface area (Å²) in [5.74, 6) is -0.0902. The summed E-state index contributed by atoms with van der Waals surface area (Å²) in [6.07, 6.45) is 0. The summed E-state index contributed by atoms with van der Waals surface area (Å²) in [4.78, 5) is 27.9. The van der Waals surface area contributed by atoms with Crippen molar-refractivity contribution in [2.75, 3.05) is 50.8 Å². The van der Waals surface area contributed by atoms with E-state index in [2.05, 4.69) is 22.5 Å². The van der Waals surface area contributed by atoms with Gasteiger partial charge in [-0.3, -0.25) is 14.6 Å². The molecule has 0 saturated carbocycles. The van der Waals surface area contributed by atoms with Crippen LogP contribution >= 0.6 is 0 Å². The first-order chi connectivity index (χ1) is 11.6. The number of hydrogen-bond acceptors (Lipinski definition) is 4. The molecule has 2 heterocycles. The normalized spacial score (nSPS) is 19.9. The lowest BCUT2D eigenvalue weighted by Crippen LogP contribution is -2.47. The Morgan fingerprint density at radius 3 is 2.58 bits per heavy atom. The first kappa shape index (κ1) is 16.7. The minimum Gasteiger partial charge on any atom is -0.379 e. The largest absolute Gasteiger partial charge is 0.379 e. The number of carbonyl (C=O) groups excluding carboxylic acids is 2. The van der Waals surface area contributed by atoms with Crippen LogP contribution in [0.25, 0.3) is 0 Å². The van der Waals surface area contributed by atoms with E-state index in [1.54, 1.807) is 17.0 Å². The Morgan fingerprint density at radius 2 is 1.96 bits per heavy atom. The Bertz CT molecular complexity index is 584. The topological polar surface area (TPSA) is 73.9 Å². The van der Waals surface area contributed by atoms with Crippen LogP contribution in [0.15, 0.2) is 24.3 Å². The van der Waals surface area contributed by atoms with Crippen molar-refractivity contribution >= 4 is 17.6 Å². The Balaban J connectivity index is 1.52. The molecule has 24 heavy (non-hydrogen) atoms. The highest BCUT2D eigenvalue weighted by Crippen LogP contribution is 2.17. The summed E-state index contributed by atoms with van der Waals surface area (Å²) in [5, 5.41) is 5.74. The maximum atomic E-state index is 12.3. The Hall–Kier alpha value is -2.12. The zero-order valence-electron chi connectivity index (χ0n) is 14.0. The minimum absolute atomic E-state index is 0.0902. The number of ether oxygens (including phenoxy) is 1. The molecule has 0 spiro atoms. The Labute approximate surface area is 141 Å². The predicted octanol–water partition coefficient (Wildman–Crippen LogP) is 0.667. The van der Waals surface area contributed by atoms with E-state index in [9.17, 15) is 9.59 Å². The van der Waals surface area contributed by atoms with Gasteiger partial charge in [-0.05, 0) is 31.2 Å². The van der Waals surface area contributed by atoms with Crippen molar-refractivity contribution in [2.45, 2.75) is 13.0 Å². The van der Waals surface area contributed by atoms with Gasteiger partial charge < -0.3 is 15.4 Å². The molecule has 0 aliphatic carbocycles. The monoisotopic (exact) mass is 332 g/mol. The Morgan fingerprint density at radius 1 is 1.25 bits per heavy atom. The van der Waals surface area contributed by atoms with Crippen molar-refractivity contribution < 1.29 is 14.3 Å². The van der Waals surface area contributed by atoms with Crippen LogP contribution in [0.3, 0.4) is 0 Å². The average Bonchev–Trinajstić information content (AvgIpc) is 3.06. The first-order valence-corrected chi connectivity index (χ1v) is 8.40. The molecule has 0 radical (unpaired) electrons. The predicted molar refractivity (Wildman–Crippen MR) is 91.4 cm³/mol. The molecular weight excluding hydrogens is 308 g/mol. The maximum Gasteiger partial charge on any atom is 0.321 e. The fraction of sp³-hybridized carbons (Fsp3) is 0.529. The molecule has 1 aromatic rings. The number of urea groups is 1. The van der Waals surface area contributed by atoms with Gasteiger partial charge in [-0.1, -0.05) is 0 Å². The molecule has 2 aliphatic heterocycles. The van der Waals surface area contributed by atoms with Gasteiger partial charge in [0.15, 0.2) is 0 Å². The number of anilines is 1. The van der Waals surface area contributed by atoms with Crippen LogP contribution < -0.4 is 15.5 Å². The fourth-order valence-corrected chi connectivity index (χ4v) is 3.00. The summed E-state index contributed by atoms with van der Waals surface area (Å²) >= 11 is 0. The highest BCUT2D eigenvalue weighted by molar-refractivity contribution is 5.97. The third-order valence-electron chi connectivity index (χ3n) is 4.53. The van der Waals surface area contributed by atoms with Crippen LogP contribution in [0.5, 0.6) is 0 Å². The number of hydrogen-bond donors (Lipinski definition) is 2. The third kappa shape index (κ3) is 3.85. The van der Waals surface area contributed by atoms with E-state index in [0.717, 1.165) is 32.0 Å². The van der Waals surface area contributed by atoms with E-state index < -0.39 is 0 Å². The molecule has 1 unspecified atom stereocenters. The molecule has 0 aromatic heterocycles. The standard InChI is InChI=1S/C17H24N4O3/c1-13(20-8-10-24-11-9-20)12-19-16(22)14-2-4-15(5-3-14)21-7-6-18-17(21)23/h2-5,13H,6-12H2,1H3,(H,18,23)(H,19,22). The minimum atomic E-state index is -0.0912. The van der Waals surface area contributed by atoms with E-state index in [4.69, 9.17) is 4.74 Å². The summed E-state index contributed by atoms with van der Waals surface area (Å²) in [6.45, 7) is 7.35. The van der Waals surface area contributed by atoms with Crippen molar-refractivity contribution in [1.82, 2.24) is 15.5 Å². The van der Waals surface area contributed by atoms with Crippen LogP contribution in [0.4, 0.5) is 10.5 Å². The fourth-order valence-electron chi connectivity index (χ4n) is 3.00. The van der Waals surface area contributed by atoms with Crippen LogP contribution in [0.2, 0.25) is 0 Å². The lowest BCUT2D eigenvalue weighted by Gasteiger charge is -2.32. The molecule has 1 atom stereocenters. The van der Waals surface area contributed by atoms with Crippen molar-refractivity contribution in [1.29, 1.82) is 0 Å². The number of carbonyl (C=O) groups is 2. The van der Waals surface area contributed by atoms with Gasteiger partial charge in [0, 0.05) is 50.0 Å². The first-order valence-electron chi connectivity index (χ1n) is 8.40. The molecule has 130 valence electrons. The van der Waals surface area contributed by atoms with E-state index >= 15 is 0 Å². The van der Waals surface area contributed by atoms with E-state index in [0.29, 0.717) is 25.2 Å². The van der Waals surface area contributed by atoms with Gasteiger partial charge in [0.25, 0.3) is 5.91 Å². The number of nitrogens with one attached hydrogen (secondary N) is 2. The molecule has 2 saturated heterocycles. The van der Waals surface area contributed by atoms with Gasteiger partial charge in [0.1, 0.15) is 0 Å². The highest BCUT2D eigenvalue weighted by Gasteiger charge is 2.21. The third-order valence-corrected chi connectivity index (χ3v) is 4.53. The summed E-state index contributed by atoms with van der Waals surface area (Å²) < 4.78 is 5.34. The molecule has 7 heteroatoms. The lowest BCUT2D eigenvalue weighted by atomic mass is 10.1. The summed E-state index contributed by atoms with van der Waals surface area (Å²) in [7, 11) is 0. The molecule has 3 amide bonds. The van der Waals surface area contributed by atoms with Gasteiger partial charge in [0.2, 0.25) is 0 Å². The second kappa shape index (κ2) is 7.63. The summed E-state index contributed by atoms with van der Waals surface area (Å²) in [6, 6.07) is 7.33. The zero-order chi connectivity index (χ0) is 16.9. The number of rotatable bonds is 5. The molecule has 0 bridgehead atoms. The van der Waals surface area contributed by atoms with Gasteiger partial charge in [-0.25, -0.2) is 4.79 Å². The second-order valence-electron chi connectivity index (χ2n) is 6.14. The number of benzene rings is 1. The van der Waals surface area contributed by atoms with E-state index in [-0.39, 0.29) is 18.0 Å². The smallest absolute Gasteiger partial charge is 0.321 e. The molecule has 2 N–H and O–H groups in total. The number of amides is 3. The molecule has 1 aromatic carbocycles. The van der Waals surface area contributed by atoms with E-state index in [1.165, 1.54) is 0 Å². The zero-order valence-corrected chi connectivity index (χ0v) is 14.0. The van der Waals surface area contributed by atoms with Crippen molar-refractivity contribution in [3.63, 3.8) is 0 Å². The lowest BCUT2D eigenvalue weighted by molar-refractivity contribution is 0.0204. The number of nitrogens with zero attached hydrogens (tertiary/aromatic N) is 2. The van der Waals surface area contributed by atoms with Crippen LogP contribution in [0, 0.1) is 0 Å². The maximum absolute atomic E-state index is 12.3. The van der Waals surface area contributed by atoms with Crippen molar-refractivity contribution in [3.8, 4) is 0 Å². The molecule has 7 nitrogen and oxygen atoms in total. The van der Waals surface area contributed by atoms with Crippen molar-refractivity contribution in [2.24, 2.45) is 0 Å². The van der Waals surface area contributed by atoms with E-state index in [1.807, 2.05) is 12.1 Å². The molecule has 3 rings (SSSR count). The SMILES string of the molecule is CC(CNC(=O)c1ccc(N2CCNC2=O)cc1)N1CCOCC1. The van der Waals surface area contributed by atoms with Gasteiger partial charge >= 0.3 is 6.03 Å². The Kier molecular flexibility index (Phi) is 5.32. The van der Waals surface area contributed by atoms with Crippen LogP contribution in [0.1, 0.15) is 17.3 Å². The second-order valence-corrected chi connectivity index (χ2v) is 6.14. The highest BCUT2D eigenvalue weighted by atomic mass is 16.5. The molecule has 2 aliphatic rings. The molecular formula is C17H24N4O3. The van der Waals surface area contributed by atoms with Crippen molar-refractivity contribution in [3.05, 3.63) is 29.8 Å². The average molecular weight is 332 g/mol. The van der Waals surface area contributed by atoms with Gasteiger partial charge in [-0.15, -0.1) is 0 Å². The van der Waals surface area contributed by atoms with Crippen LogP contribution in [-0.4, -0.2) is 68.8 Å². The summed E-state index contributed by atoms with van der Waals surface area (Å²) in [5.41, 5.74) is 1.41. The number of morpholine rings is 1. The quantitative estimate of drug-likeness (QED) is 0.831. The van der Waals surface area contributed by atoms with Crippen LogP contribution in [-0.2, 0) is 4.74 Å².